The average Bonchev–Trinajstić information content (AvgIpc) is 2.65. The minimum absolute atomic E-state index is 0.497. The highest BCUT2D eigenvalue weighted by Gasteiger charge is 2.49. The summed E-state index contributed by atoms with van der Waals surface area (Å²) in [6, 6.07) is 6.96. The van der Waals surface area contributed by atoms with Crippen molar-refractivity contribution in [3.63, 3.8) is 0 Å². The van der Waals surface area contributed by atoms with Gasteiger partial charge in [0.05, 0.1) is 12.8 Å². The number of likely N-dealkylation sites (tertiary alicyclic amines) is 1. The standard InChI is InChI=1S/C19H30N2O/c1-18(2)10-15-11-19(3,12-18)13-21(15)8-7-14-5-6-17(22-4)16(20)9-14/h5-6,9,15H,7-8,10-13,20H2,1-4H3. The number of hydrogen-bond donors (Lipinski definition) is 1. The van der Waals surface area contributed by atoms with Crippen LogP contribution in [0.3, 0.4) is 0 Å². The van der Waals surface area contributed by atoms with E-state index < -0.39 is 0 Å². The van der Waals surface area contributed by atoms with Crippen LogP contribution in [0.25, 0.3) is 0 Å². The van der Waals surface area contributed by atoms with Crippen LogP contribution in [-0.4, -0.2) is 31.1 Å². The molecule has 1 heterocycles. The van der Waals surface area contributed by atoms with Crippen molar-refractivity contribution in [3.05, 3.63) is 23.8 Å². The molecule has 1 aromatic rings. The van der Waals surface area contributed by atoms with Gasteiger partial charge in [0, 0.05) is 19.1 Å². The van der Waals surface area contributed by atoms with E-state index in [1.807, 2.05) is 6.07 Å². The van der Waals surface area contributed by atoms with Crippen LogP contribution in [0.4, 0.5) is 5.69 Å². The quantitative estimate of drug-likeness (QED) is 0.862. The lowest BCUT2D eigenvalue weighted by Crippen LogP contribution is -2.35. The summed E-state index contributed by atoms with van der Waals surface area (Å²) in [6.07, 6.45) is 5.15. The zero-order valence-electron chi connectivity index (χ0n) is 14.5. The summed E-state index contributed by atoms with van der Waals surface area (Å²) in [5.74, 6) is 0.773. The van der Waals surface area contributed by atoms with Gasteiger partial charge in [-0.25, -0.2) is 0 Å². The number of fused-ring (bicyclic) bond motifs is 2. The van der Waals surface area contributed by atoms with Crippen LogP contribution in [0.2, 0.25) is 0 Å². The maximum Gasteiger partial charge on any atom is 0.141 e. The molecular formula is C19H30N2O. The molecule has 1 saturated carbocycles. The molecule has 0 aromatic heterocycles. The number of anilines is 1. The highest BCUT2D eigenvalue weighted by molar-refractivity contribution is 5.54. The summed E-state index contributed by atoms with van der Waals surface area (Å²) in [5, 5.41) is 0. The third kappa shape index (κ3) is 3.10. The second-order valence-corrected chi connectivity index (χ2v) is 8.51. The van der Waals surface area contributed by atoms with Gasteiger partial charge in [0.15, 0.2) is 0 Å². The van der Waals surface area contributed by atoms with Crippen LogP contribution in [0.1, 0.15) is 45.6 Å². The van der Waals surface area contributed by atoms with E-state index in [1.54, 1.807) is 7.11 Å². The van der Waals surface area contributed by atoms with Gasteiger partial charge >= 0.3 is 0 Å². The van der Waals surface area contributed by atoms with Gasteiger partial charge in [-0.2, -0.15) is 0 Å². The summed E-state index contributed by atoms with van der Waals surface area (Å²) < 4.78 is 5.24. The van der Waals surface area contributed by atoms with Gasteiger partial charge in [0.1, 0.15) is 5.75 Å². The van der Waals surface area contributed by atoms with Gasteiger partial charge < -0.3 is 10.5 Å². The van der Waals surface area contributed by atoms with Gasteiger partial charge in [-0.05, 0) is 54.2 Å². The largest absolute Gasteiger partial charge is 0.495 e. The normalized spacial score (nSPS) is 30.5. The topological polar surface area (TPSA) is 38.5 Å². The molecule has 3 heteroatoms. The first kappa shape index (κ1) is 15.7. The monoisotopic (exact) mass is 302 g/mol. The summed E-state index contributed by atoms with van der Waals surface area (Å²) >= 11 is 0. The molecule has 2 aliphatic rings. The number of ether oxygens (including phenoxy) is 1. The fraction of sp³-hybridized carbons (Fsp3) is 0.684. The zero-order valence-corrected chi connectivity index (χ0v) is 14.5. The maximum absolute atomic E-state index is 6.02. The van der Waals surface area contributed by atoms with Gasteiger partial charge in [0.25, 0.3) is 0 Å². The van der Waals surface area contributed by atoms with E-state index in [1.165, 1.54) is 31.4 Å². The predicted molar refractivity (Wildman–Crippen MR) is 92.2 cm³/mol. The Morgan fingerprint density at radius 3 is 2.73 bits per heavy atom. The van der Waals surface area contributed by atoms with E-state index in [4.69, 9.17) is 10.5 Å². The molecule has 1 aliphatic carbocycles. The minimum atomic E-state index is 0.497. The Morgan fingerprint density at radius 2 is 2.05 bits per heavy atom. The SMILES string of the molecule is COc1ccc(CCN2CC3(C)CC2CC(C)(C)C3)cc1N. The second-order valence-electron chi connectivity index (χ2n) is 8.51. The lowest BCUT2D eigenvalue weighted by molar-refractivity contribution is 0.127. The van der Waals surface area contributed by atoms with E-state index in [2.05, 4.69) is 37.8 Å². The first-order chi connectivity index (χ1) is 10.3. The Kier molecular flexibility index (Phi) is 3.88. The molecule has 2 fully saturated rings. The molecule has 2 bridgehead atoms. The van der Waals surface area contributed by atoms with Crippen LogP contribution < -0.4 is 10.5 Å². The molecule has 1 saturated heterocycles. The molecule has 0 amide bonds. The molecule has 1 aromatic carbocycles. The number of rotatable bonds is 4. The summed E-state index contributed by atoms with van der Waals surface area (Å²) in [4.78, 5) is 2.72. The Hall–Kier alpha value is -1.22. The van der Waals surface area contributed by atoms with Crippen molar-refractivity contribution in [3.8, 4) is 5.75 Å². The van der Waals surface area contributed by atoms with E-state index >= 15 is 0 Å². The number of nitrogen functional groups attached to an aromatic ring is 1. The first-order valence-electron chi connectivity index (χ1n) is 8.47. The third-order valence-corrected chi connectivity index (χ3v) is 5.50. The minimum Gasteiger partial charge on any atom is -0.495 e. The van der Waals surface area contributed by atoms with Crippen LogP contribution >= 0.6 is 0 Å². The van der Waals surface area contributed by atoms with Crippen LogP contribution in [0.5, 0.6) is 5.75 Å². The molecule has 3 nitrogen and oxygen atoms in total. The van der Waals surface area contributed by atoms with E-state index in [0.717, 1.165) is 30.4 Å². The van der Waals surface area contributed by atoms with Gasteiger partial charge in [-0.15, -0.1) is 0 Å². The zero-order chi connectivity index (χ0) is 16.0. The third-order valence-electron chi connectivity index (χ3n) is 5.50. The number of methoxy groups -OCH3 is 1. The lowest BCUT2D eigenvalue weighted by Gasteiger charge is -2.40. The van der Waals surface area contributed by atoms with E-state index in [0.29, 0.717) is 10.8 Å². The van der Waals surface area contributed by atoms with Crippen LogP contribution in [0.15, 0.2) is 18.2 Å². The molecule has 122 valence electrons. The average molecular weight is 302 g/mol. The Morgan fingerprint density at radius 1 is 1.27 bits per heavy atom. The van der Waals surface area contributed by atoms with Gasteiger partial charge in [-0.1, -0.05) is 26.8 Å². The first-order valence-corrected chi connectivity index (χ1v) is 8.47. The molecule has 2 N–H and O–H groups in total. The second kappa shape index (κ2) is 5.45. The number of nitrogens with zero attached hydrogens (tertiary/aromatic N) is 1. The van der Waals surface area contributed by atoms with E-state index in [9.17, 15) is 0 Å². The summed E-state index contributed by atoms with van der Waals surface area (Å²) in [5.41, 5.74) is 9.09. The number of nitrogens with two attached hydrogens (primary N) is 1. The summed E-state index contributed by atoms with van der Waals surface area (Å²) in [6.45, 7) is 9.75. The molecule has 2 atom stereocenters. The van der Waals surface area contributed by atoms with Crippen molar-refractivity contribution in [1.29, 1.82) is 0 Å². The van der Waals surface area contributed by atoms with Crippen LogP contribution in [0, 0.1) is 10.8 Å². The van der Waals surface area contributed by atoms with Crippen molar-refractivity contribution < 1.29 is 4.74 Å². The highest BCUT2D eigenvalue weighted by atomic mass is 16.5. The summed E-state index contributed by atoms with van der Waals surface area (Å²) in [7, 11) is 1.66. The van der Waals surface area contributed by atoms with Crippen molar-refractivity contribution in [1.82, 2.24) is 4.90 Å². The fourth-order valence-electron chi connectivity index (χ4n) is 5.05. The van der Waals surface area contributed by atoms with E-state index in [-0.39, 0.29) is 0 Å². The van der Waals surface area contributed by atoms with Gasteiger partial charge in [-0.3, -0.25) is 4.90 Å². The smallest absolute Gasteiger partial charge is 0.141 e. The van der Waals surface area contributed by atoms with Crippen molar-refractivity contribution in [2.45, 2.75) is 52.5 Å². The lowest BCUT2D eigenvalue weighted by atomic mass is 9.65. The predicted octanol–water partition coefficient (Wildman–Crippen LogP) is 3.72. The maximum atomic E-state index is 6.02. The molecule has 22 heavy (non-hydrogen) atoms. The van der Waals surface area contributed by atoms with Gasteiger partial charge in [0.2, 0.25) is 0 Å². The Bertz CT molecular complexity index is 554. The molecular weight excluding hydrogens is 272 g/mol. The van der Waals surface area contributed by atoms with Crippen molar-refractivity contribution in [2.24, 2.45) is 10.8 Å². The Labute approximate surface area is 134 Å². The number of hydrogen-bond acceptors (Lipinski definition) is 3. The molecule has 2 unspecified atom stereocenters. The van der Waals surface area contributed by atoms with Crippen LogP contribution in [-0.2, 0) is 6.42 Å². The van der Waals surface area contributed by atoms with Crippen molar-refractivity contribution >= 4 is 5.69 Å². The molecule has 0 radical (unpaired) electrons. The number of benzene rings is 1. The molecule has 1 aliphatic heterocycles. The van der Waals surface area contributed by atoms with Crippen molar-refractivity contribution in [2.75, 3.05) is 25.9 Å². The fourth-order valence-corrected chi connectivity index (χ4v) is 5.05. The highest BCUT2D eigenvalue weighted by Crippen LogP contribution is 2.52. The molecule has 3 rings (SSSR count). The Balaban J connectivity index is 1.64. The molecule has 0 spiro atoms.